The molecule has 0 aromatic heterocycles. The number of carbonyl (C=O) groups excluding carboxylic acids is 1. The molecule has 3 heteroatoms. The van der Waals surface area contributed by atoms with E-state index < -0.39 is 0 Å². The molecule has 1 atom stereocenters. The van der Waals surface area contributed by atoms with Crippen molar-refractivity contribution in [3.8, 4) is 0 Å². The molecule has 2 rings (SSSR count). The van der Waals surface area contributed by atoms with Gasteiger partial charge in [0, 0.05) is 12.0 Å². The van der Waals surface area contributed by atoms with E-state index in [4.69, 9.17) is 0 Å². The van der Waals surface area contributed by atoms with E-state index in [1.54, 1.807) is 18.2 Å². The smallest absolute Gasteiger partial charge is 0.220 e. The first kappa shape index (κ1) is 9.19. The van der Waals surface area contributed by atoms with Crippen molar-refractivity contribution in [2.75, 3.05) is 0 Å². The van der Waals surface area contributed by atoms with Gasteiger partial charge in [0.15, 0.2) is 0 Å². The monoisotopic (exact) mass is 193 g/mol. The van der Waals surface area contributed by atoms with E-state index in [-0.39, 0.29) is 17.8 Å². The standard InChI is InChI=1S/C11H12FNO/c12-9-5-2-1-4-8(9)10-6-3-7-11(14)13-10/h1-2,4-5,10H,3,6-7H2,(H,13,14). The maximum atomic E-state index is 13.3. The molecule has 74 valence electrons. The zero-order valence-corrected chi connectivity index (χ0v) is 7.79. The van der Waals surface area contributed by atoms with Crippen LogP contribution in [0.25, 0.3) is 0 Å². The molecule has 1 aromatic rings. The van der Waals surface area contributed by atoms with Crippen molar-refractivity contribution in [2.45, 2.75) is 25.3 Å². The lowest BCUT2D eigenvalue weighted by atomic mass is 9.97. The molecule has 1 aliphatic rings. The minimum Gasteiger partial charge on any atom is -0.349 e. The summed E-state index contributed by atoms with van der Waals surface area (Å²) in [5, 5.41) is 2.79. The first-order valence-electron chi connectivity index (χ1n) is 4.81. The number of nitrogens with one attached hydrogen (secondary N) is 1. The normalized spacial score (nSPS) is 21.8. The van der Waals surface area contributed by atoms with Gasteiger partial charge in [-0.3, -0.25) is 4.79 Å². The van der Waals surface area contributed by atoms with Crippen molar-refractivity contribution in [3.05, 3.63) is 35.6 Å². The molecule has 0 radical (unpaired) electrons. The van der Waals surface area contributed by atoms with E-state index in [1.165, 1.54) is 6.07 Å². The zero-order chi connectivity index (χ0) is 9.97. The Balaban J connectivity index is 2.22. The van der Waals surface area contributed by atoms with Crippen molar-refractivity contribution < 1.29 is 9.18 Å². The first-order chi connectivity index (χ1) is 6.77. The van der Waals surface area contributed by atoms with E-state index in [0.29, 0.717) is 12.0 Å². The number of hydrogen-bond donors (Lipinski definition) is 1. The number of hydrogen-bond acceptors (Lipinski definition) is 1. The zero-order valence-electron chi connectivity index (χ0n) is 7.79. The highest BCUT2D eigenvalue weighted by atomic mass is 19.1. The summed E-state index contributed by atoms with van der Waals surface area (Å²) < 4.78 is 13.3. The molecule has 0 spiro atoms. The molecule has 1 aromatic carbocycles. The first-order valence-corrected chi connectivity index (χ1v) is 4.81. The third-order valence-electron chi connectivity index (χ3n) is 2.51. The van der Waals surface area contributed by atoms with Crippen LogP contribution in [0.15, 0.2) is 24.3 Å². The van der Waals surface area contributed by atoms with Gasteiger partial charge in [-0.2, -0.15) is 0 Å². The van der Waals surface area contributed by atoms with Crippen molar-refractivity contribution in [1.82, 2.24) is 5.32 Å². The summed E-state index contributed by atoms with van der Waals surface area (Å²) in [4.78, 5) is 11.1. The molecular formula is C11H12FNO. The number of amides is 1. The number of carbonyl (C=O) groups is 1. The predicted molar refractivity (Wildman–Crippen MR) is 51.1 cm³/mol. The summed E-state index contributed by atoms with van der Waals surface area (Å²) in [7, 11) is 0. The van der Waals surface area contributed by atoms with Gasteiger partial charge in [-0.15, -0.1) is 0 Å². The number of piperidine rings is 1. The Hall–Kier alpha value is -1.38. The van der Waals surface area contributed by atoms with Crippen LogP contribution in [0.2, 0.25) is 0 Å². The van der Waals surface area contributed by atoms with Crippen LogP contribution >= 0.6 is 0 Å². The average molecular weight is 193 g/mol. The second-order valence-electron chi connectivity index (χ2n) is 3.53. The van der Waals surface area contributed by atoms with Gasteiger partial charge in [-0.05, 0) is 18.9 Å². The fraction of sp³-hybridized carbons (Fsp3) is 0.364. The van der Waals surface area contributed by atoms with Crippen LogP contribution in [0.1, 0.15) is 30.9 Å². The third-order valence-corrected chi connectivity index (χ3v) is 2.51. The van der Waals surface area contributed by atoms with Crippen LogP contribution in [0.4, 0.5) is 4.39 Å². The molecule has 1 N–H and O–H groups in total. The number of rotatable bonds is 1. The van der Waals surface area contributed by atoms with Gasteiger partial charge in [-0.25, -0.2) is 4.39 Å². The van der Waals surface area contributed by atoms with Crippen LogP contribution in [-0.2, 0) is 4.79 Å². The number of benzene rings is 1. The van der Waals surface area contributed by atoms with Gasteiger partial charge >= 0.3 is 0 Å². The molecule has 0 bridgehead atoms. The predicted octanol–water partition coefficient (Wildman–Crippen LogP) is 2.17. The Morgan fingerprint density at radius 1 is 1.36 bits per heavy atom. The lowest BCUT2D eigenvalue weighted by molar-refractivity contribution is -0.123. The largest absolute Gasteiger partial charge is 0.349 e. The van der Waals surface area contributed by atoms with E-state index in [1.807, 2.05) is 0 Å². The maximum absolute atomic E-state index is 13.3. The minimum absolute atomic E-state index is 0.0181. The molecule has 1 fully saturated rings. The fourth-order valence-corrected chi connectivity index (χ4v) is 1.80. The van der Waals surface area contributed by atoms with E-state index in [9.17, 15) is 9.18 Å². The molecule has 1 aliphatic heterocycles. The van der Waals surface area contributed by atoms with Gasteiger partial charge < -0.3 is 5.32 Å². The lowest BCUT2D eigenvalue weighted by Crippen LogP contribution is -2.32. The summed E-state index contributed by atoms with van der Waals surface area (Å²) in [6, 6.07) is 6.46. The molecule has 1 unspecified atom stereocenters. The van der Waals surface area contributed by atoms with Crippen LogP contribution in [0.3, 0.4) is 0 Å². The summed E-state index contributed by atoms with van der Waals surface area (Å²) in [5.74, 6) is -0.218. The molecule has 0 aliphatic carbocycles. The lowest BCUT2D eigenvalue weighted by Gasteiger charge is -2.23. The van der Waals surface area contributed by atoms with Crippen LogP contribution < -0.4 is 5.32 Å². The molecule has 2 nitrogen and oxygen atoms in total. The quantitative estimate of drug-likeness (QED) is 0.727. The molecule has 0 saturated carbocycles. The molecule has 1 saturated heterocycles. The Labute approximate surface area is 82.1 Å². The molecule has 14 heavy (non-hydrogen) atoms. The highest BCUT2D eigenvalue weighted by Gasteiger charge is 2.21. The fourth-order valence-electron chi connectivity index (χ4n) is 1.80. The Kier molecular flexibility index (Phi) is 2.48. The van der Waals surface area contributed by atoms with Crippen LogP contribution in [0, 0.1) is 5.82 Å². The van der Waals surface area contributed by atoms with Gasteiger partial charge in [0.05, 0.1) is 6.04 Å². The molecule has 1 heterocycles. The van der Waals surface area contributed by atoms with Crippen LogP contribution in [-0.4, -0.2) is 5.91 Å². The SMILES string of the molecule is O=C1CCCC(c2ccccc2F)N1. The third kappa shape index (κ3) is 1.76. The topological polar surface area (TPSA) is 29.1 Å². The van der Waals surface area contributed by atoms with Crippen molar-refractivity contribution in [3.63, 3.8) is 0 Å². The van der Waals surface area contributed by atoms with Gasteiger partial charge in [-0.1, -0.05) is 18.2 Å². The summed E-state index contributed by atoms with van der Waals surface area (Å²) in [6.07, 6.45) is 2.22. The summed E-state index contributed by atoms with van der Waals surface area (Å²) in [5.41, 5.74) is 0.598. The van der Waals surface area contributed by atoms with Gasteiger partial charge in [0.2, 0.25) is 5.91 Å². The van der Waals surface area contributed by atoms with Crippen molar-refractivity contribution in [1.29, 1.82) is 0 Å². The Bertz CT molecular complexity index is 351. The average Bonchev–Trinajstić information content (AvgIpc) is 2.18. The van der Waals surface area contributed by atoms with Crippen molar-refractivity contribution in [2.24, 2.45) is 0 Å². The van der Waals surface area contributed by atoms with E-state index in [2.05, 4.69) is 5.32 Å². The number of halogens is 1. The minimum atomic E-state index is -0.236. The Morgan fingerprint density at radius 2 is 2.14 bits per heavy atom. The highest BCUT2D eigenvalue weighted by Crippen LogP contribution is 2.25. The Morgan fingerprint density at radius 3 is 2.86 bits per heavy atom. The van der Waals surface area contributed by atoms with Gasteiger partial charge in [0.1, 0.15) is 5.82 Å². The van der Waals surface area contributed by atoms with E-state index in [0.717, 1.165) is 12.8 Å². The highest BCUT2D eigenvalue weighted by molar-refractivity contribution is 5.77. The summed E-state index contributed by atoms with van der Waals surface area (Å²) in [6.45, 7) is 0. The van der Waals surface area contributed by atoms with Crippen molar-refractivity contribution >= 4 is 5.91 Å². The van der Waals surface area contributed by atoms with E-state index >= 15 is 0 Å². The maximum Gasteiger partial charge on any atom is 0.220 e. The second kappa shape index (κ2) is 3.78. The molecule has 1 amide bonds. The van der Waals surface area contributed by atoms with Crippen LogP contribution in [0.5, 0.6) is 0 Å². The summed E-state index contributed by atoms with van der Waals surface area (Å²) >= 11 is 0. The molecular weight excluding hydrogens is 181 g/mol. The van der Waals surface area contributed by atoms with Gasteiger partial charge in [0.25, 0.3) is 0 Å². The second-order valence-corrected chi connectivity index (χ2v) is 3.53.